The number of benzene rings is 2. The minimum Gasteiger partial charge on any atom is -0.155 e. The standard InChI is InChI=1S/C17H19ClSi/c18-19(17-13-7-8-14-17,15-9-3-1-4-10-15)16-11-5-2-6-12-16/h1-6,9-12,17H,7-8,13-14H2. The molecule has 2 aromatic rings. The van der Waals surface area contributed by atoms with Crippen LogP contribution >= 0.6 is 11.1 Å². The fourth-order valence-electron chi connectivity index (χ4n) is 3.32. The topological polar surface area (TPSA) is 0 Å². The Balaban J connectivity index is 2.10. The molecule has 0 unspecified atom stereocenters. The van der Waals surface area contributed by atoms with Crippen LogP contribution < -0.4 is 10.4 Å². The molecule has 0 aromatic heterocycles. The zero-order valence-corrected chi connectivity index (χ0v) is 12.8. The summed E-state index contributed by atoms with van der Waals surface area (Å²) in [5.74, 6) is 0. The van der Waals surface area contributed by atoms with Gasteiger partial charge in [-0.05, 0) is 15.9 Å². The average Bonchev–Trinajstić information content (AvgIpc) is 3.03. The highest BCUT2D eigenvalue weighted by molar-refractivity contribution is 7.34. The number of rotatable bonds is 3. The van der Waals surface area contributed by atoms with Gasteiger partial charge in [0.15, 0.2) is 0 Å². The molecule has 0 radical (unpaired) electrons. The quantitative estimate of drug-likeness (QED) is 0.592. The molecular formula is C17H19ClSi. The van der Waals surface area contributed by atoms with Crippen LogP contribution in [0.1, 0.15) is 25.7 Å². The first kappa shape index (κ1) is 13.0. The predicted molar refractivity (Wildman–Crippen MR) is 86.0 cm³/mol. The lowest BCUT2D eigenvalue weighted by Gasteiger charge is -2.31. The van der Waals surface area contributed by atoms with E-state index in [-0.39, 0.29) is 0 Å². The summed E-state index contributed by atoms with van der Waals surface area (Å²) in [6, 6.07) is 21.6. The van der Waals surface area contributed by atoms with E-state index >= 15 is 0 Å². The lowest BCUT2D eigenvalue weighted by molar-refractivity contribution is 0.859. The second-order valence-corrected chi connectivity index (χ2v) is 10.6. The smallest absolute Gasteiger partial charge is 0.155 e. The van der Waals surface area contributed by atoms with Crippen molar-refractivity contribution in [3.63, 3.8) is 0 Å². The first-order valence-electron chi connectivity index (χ1n) is 7.12. The summed E-state index contributed by atoms with van der Waals surface area (Å²) in [6.45, 7) is 0. The largest absolute Gasteiger partial charge is 0.220 e. The Morgan fingerprint density at radius 1 is 0.737 bits per heavy atom. The fraction of sp³-hybridized carbons (Fsp3) is 0.294. The number of halogens is 1. The minimum atomic E-state index is -2.10. The van der Waals surface area contributed by atoms with Crippen molar-refractivity contribution in [1.82, 2.24) is 0 Å². The summed E-state index contributed by atoms with van der Waals surface area (Å²) in [4.78, 5) is 0. The lowest BCUT2D eigenvalue weighted by atomic mass is 10.3. The molecule has 0 bridgehead atoms. The summed E-state index contributed by atoms with van der Waals surface area (Å²) >= 11 is 7.34. The molecule has 0 atom stereocenters. The zero-order chi connectivity index (χ0) is 13.1. The molecule has 1 saturated carbocycles. The van der Waals surface area contributed by atoms with Crippen molar-refractivity contribution in [2.24, 2.45) is 0 Å². The van der Waals surface area contributed by atoms with Crippen LogP contribution in [0.2, 0.25) is 5.54 Å². The molecule has 0 saturated heterocycles. The molecule has 0 nitrogen and oxygen atoms in total. The summed E-state index contributed by atoms with van der Waals surface area (Å²) < 4.78 is 0. The van der Waals surface area contributed by atoms with E-state index in [1.807, 2.05) is 0 Å². The minimum absolute atomic E-state index is 0.680. The molecule has 2 heteroatoms. The van der Waals surface area contributed by atoms with Crippen molar-refractivity contribution >= 4 is 28.8 Å². The molecule has 0 heterocycles. The zero-order valence-electron chi connectivity index (χ0n) is 11.1. The van der Waals surface area contributed by atoms with E-state index in [2.05, 4.69) is 60.7 Å². The highest BCUT2D eigenvalue weighted by Gasteiger charge is 2.44. The molecule has 2 aromatic carbocycles. The van der Waals surface area contributed by atoms with Crippen LogP contribution in [0.25, 0.3) is 0 Å². The van der Waals surface area contributed by atoms with Crippen molar-refractivity contribution in [3.05, 3.63) is 60.7 Å². The van der Waals surface area contributed by atoms with Crippen LogP contribution in [-0.2, 0) is 0 Å². The highest BCUT2D eigenvalue weighted by atomic mass is 35.6. The third-order valence-electron chi connectivity index (χ3n) is 4.31. The van der Waals surface area contributed by atoms with E-state index in [1.54, 1.807) is 0 Å². The van der Waals surface area contributed by atoms with Crippen LogP contribution in [0.5, 0.6) is 0 Å². The molecular weight excluding hydrogens is 268 g/mol. The first-order valence-corrected chi connectivity index (χ1v) is 10.2. The van der Waals surface area contributed by atoms with E-state index in [0.29, 0.717) is 5.54 Å². The van der Waals surface area contributed by atoms with E-state index in [4.69, 9.17) is 11.1 Å². The van der Waals surface area contributed by atoms with Gasteiger partial charge in [-0.25, -0.2) is 0 Å². The molecule has 0 spiro atoms. The Morgan fingerprint density at radius 3 is 1.58 bits per heavy atom. The van der Waals surface area contributed by atoms with Crippen molar-refractivity contribution in [2.75, 3.05) is 0 Å². The van der Waals surface area contributed by atoms with Crippen LogP contribution in [0.4, 0.5) is 0 Å². The summed E-state index contributed by atoms with van der Waals surface area (Å²) in [5.41, 5.74) is 0.680. The third-order valence-corrected chi connectivity index (χ3v) is 10.6. The monoisotopic (exact) mass is 286 g/mol. The Bertz CT molecular complexity index is 478. The molecule has 19 heavy (non-hydrogen) atoms. The van der Waals surface area contributed by atoms with Crippen LogP contribution in [-0.4, -0.2) is 7.38 Å². The Hall–Kier alpha value is -1.05. The van der Waals surface area contributed by atoms with Gasteiger partial charge in [0, 0.05) is 0 Å². The Labute approximate surface area is 121 Å². The molecule has 0 amide bonds. The second-order valence-electron chi connectivity index (χ2n) is 5.43. The SMILES string of the molecule is Cl[Si](c1ccccc1)(c1ccccc1)C1CCCC1. The summed E-state index contributed by atoms with van der Waals surface area (Å²) in [6.07, 6.45) is 5.26. The van der Waals surface area contributed by atoms with Gasteiger partial charge in [0.25, 0.3) is 0 Å². The van der Waals surface area contributed by atoms with Crippen LogP contribution in [0, 0.1) is 0 Å². The average molecular weight is 287 g/mol. The van der Waals surface area contributed by atoms with Gasteiger partial charge >= 0.3 is 0 Å². The first-order chi connectivity index (χ1) is 9.32. The highest BCUT2D eigenvalue weighted by Crippen LogP contribution is 2.40. The number of hydrogen-bond acceptors (Lipinski definition) is 0. The molecule has 0 N–H and O–H groups in total. The second kappa shape index (κ2) is 5.52. The molecule has 3 rings (SSSR count). The van der Waals surface area contributed by atoms with Crippen molar-refractivity contribution in [1.29, 1.82) is 0 Å². The van der Waals surface area contributed by atoms with Crippen molar-refractivity contribution in [3.8, 4) is 0 Å². The van der Waals surface area contributed by atoms with Gasteiger partial charge in [-0.2, -0.15) is 11.1 Å². The molecule has 1 aliphatic carbocycles. The van der Waals surface area contributed by atoms with Crippen LogP contribution in [0.3, 0.4) is 0 Å². The van der Waals surface area contributed by atoms with Gasteiger partial charge in [0.1, 0.15) is 0 Å². The van der Waals surface area contributed by atoms with E-state index in [1.165, 1.54) is 36.1 Å². The van der Waals surface area contributed by atoms with Gasteiger partial charge in [0.2, 0.25) is 7.38 Å². The van der Waals surface area contributed by atoms with Gasteiger partial charge in [-0.3, -0.25) is 0 Å². The number of hydrogen-bond donors (Lipinski definition) is 0. The van der Waals surface area contributed by atoms with Crippen LogP contribution in [0.15, 0.2) is 60.7 Å². The summed E-state index contributed by atoms with van der Waals surface area (Å²) in [5, 5.41) is 2.74. The Morgan fingerprint density at radius 2 is 1.16 bits per heavy atom. The molecule has 0 aliphatic heterocycles. The van der Waals surface area contributed by atoms with Gasteiger partial charge in [0.05, 0.1) is 0 Å². The maximum absolute atomic E-state index is 7.34. The van der Waals surface area contributed by atoms with E-state index in [0.717, 1.165) is 0 Å². The normalized spacial score (nSPS) is 16.7. The predicted octanol–water partition coefficient (Wildman–Crippen LogP) is 3.93. The van der Waals surface area contributed by atoms with Gasteiger partial charge in [-0.1, -0.05) is 86.3 Å². The third kappa shape index (κ3) is 2.37. The van der Waals surface area contributed by atoms with E-state index in [9.17, 15) is 0 Å². The van der Waals surface area contributed by atoms with Gasteiger partial charge in [-0.15, -0.1) is 0 Å². The summed E-state index contributed by atoms with van der Waals surface area (Å²) in [7, 11) is -2.10. The molecule has 1 fully saturated rings. The fourth-order valence-corrected chi connectivity index (χ4v) is 8.57. The van der Waals surface area contributed by atoms with Crippen molar-refractivity contribution in [2.45, 2.75) is 31.2 Å². The van der Waals surface area contributed by atoms with Crippen molar-refractivity contribution < 1.29 is 0 Å². The lowest BCUT2D eigenvalue weighted by Crippen LogP contribution is -2.56. The molecule has 98 valence electrons. The maximum Gasteiger partial charge on any atom is 0.220 e. The Kier molecular flexibility index (Phi) is 3.76. The maximum atomic E-state index is 7.34. The van der Waals surface area contributed by atoms with E-state index < -0.39 is 7.38 Å². The van der Waals surface area contributed by atoms with Gasteiger partial charge < -0.3 is 0 Å². The molecule has 1 aliphatic rings.